The Morgan fingerprint density at radius 2 is 2.14 bits per heavy atom. The van der Waals surface area contributed by atoms with Gasteiger partial charge in [-0.1, -0.05) is 42.7 Å². The van der Waals surface area contributed by atoms with Crippen LogP contribution >= 0.6 is 11.3 Å². The molecule has 4 rings (SSSR count). The van der Waals surface area contributed by atoms with E-state index >= 15 is 0 Å². The summed E-state index contributed by atoms with van der Waals surface area (Å²) in [6.45, 7) is 4.26. The lowest BCUT2D eigenvalue weighted by Crippen LogP contribution is -2.47. The Morgan fingerprint density at radius 1 is 1.29 bits per heavy atom. The smallest absolute Gasteiger partial charge is 0.243 e. The van der Waals surface area contributed by atoms with E-state index in [0.29, 0.717) is 6.54 Å². The number of likely N-dealkylation sites (tertiary alicyclic amines) is 1. The zero-order valence-corrected chi connectivity index (χ0v) is 16.9. The van der Waals surface area contributed by atoms with E-state index in [0.717, 1.165) is 62.7 Å². The zero-order valence-electron chi connectivity index (χ0n) is 16.1. The fourth-order valence-electron chi connectivity index (χ4n) is 4.06. The quantitative estimate of drug-likeness (QED) is 0.792. The van der Waals surface area contributed by atoms with Gasteiger partial charge in [0, 0.05) is 30.9 Å². The van der Waals surface area contributed by atoms with E-state index in [1.54, 1.807) is 11.3 Å². The van der Waals surface area contributed by atoms with Gasteiger partial charge >= 0.3 is 0 Å². The summed E-state index contributed by atoms with van der Waals surface area (Å²) in [6, 6.07) is 10.4. The van der Waals surface area contributed by atoms with Crippen molar-refractivity contribution < 1.29 is 4.79 Å². The van der Waals surface area contributed by atoms with Crippen LogP contribution in [-0.2, 0) is 24.3 Å². The fourth-order valence-corrected chi connectivity index (χ4v) is 5.12. The Kier molecular flexibility index (Phi) is 6.06. The van der Waals surface area contributed by atoms with Gasteiger partial charge in [0.1, 0.15) is 0 Å². The molecular formula is C22H26N4OS. The monoisotopic (exact) mass is 394 g/mol. The minimum atomic E-state index is -0.139. The van der Waals surface area contributed by atoms with Crippen molar-refractivity contribution in [1.82, 2.24) is 14.8 Å². The molecule has 1 N–H and O–H groups in total. The minimum Gasteiger partial charge on any atom is -0.301 e. The Morgan fingerprint density at radius 3 is 2.96 bits per heavy atom. The number of thiazole rings is 1. The maximum absolute atomic E-state index is 12.8. The Hall–Kier alpha value is -2.20. The molecule has 1 saturated heterocycles. The van der Waals surface area contributed by atoms with Crippen molar-refractivity contribution in [2.45, 2.75) is 44.8 Å². The molecule has 6 heteroatoms. The van der Waals surface area contributed by atoms with E-state index in [1.165, 1.54) is 10.4 Å². The molecule has 3 heterocycles. The lowest BCUT2D eigenvalue weighted by molar-refractivity contribution is -0.122. The van der Waals surface area contributed by atoms with E-state index < -0.39 is 0 Å². The second-order valence-corrected chi connectivity index (χ2v) is 8.59. The number of amides is 1. The molecule has 0 unspecified atom stereocenters. The molecule has 1 atom stereocenters. The summed E-state index contributed by atoms with van der Waals surface area (Å²) in [7, 11) is 0. The van der Waals surface area contributed by atoms with Gasteiger partial charge in [-0.05, 0) is 24.9 Å². The van der Waals surface area contributed by atoms with Crippen molar-refractivity contribution in [3.63, 3.8) is 0 Å². The van der Waals surface area contributed by atoms with E-state index in [1.807, 2.05) is 6.07 Å². The van der Waals surface area contributed by atoms with Gasteiger partial charge in [0.2, 0.25) is 5.91 Å². The van der Waals surface area contributed by atoms with Crippen molar-refractivity contribution in [3.05, 3.63) is 46.5 Å². The predicted octanol–water partition coefficient (Wildman–Crippen LogP) is 3.13. The molecule has 1 amide bonds. The van der Waals surface area contributed by atoms with Crippen LogP contribution in [-0.4, -0.2) is 46.4 Å². The van der Waals surface area contributed by atoms with Crippen LogP contribution in [0.2, 0.25) is 0 Å². The number of nitrogens with zero attached hydrogens (tertiary/aromatic N) is 3. The summed E-state index contributed by atoms with van der Waals surface area (Å²) in [5.41, 5.74) is 2.46. The van der Waals surface area contributed by atoms with Crippen LogP contribution in [0.1, 0.15) is 35.4 Å². The summed E-state index contributed by atoms with van der Waals surface area (Å²) < 4.78 is 0. The van der Waals surface area contributed by atoms with E-state index in [9.17, 15) is 4.79 Å². The van der Waals surface area contributed by atoms with Crippen LogP contribution in [0.25, 0.3) is 0 Å². The molecule has 2 aliphatic heterocycles. The number of benzene rings is 1. The Labute approximate surface area is 170 Å². The number of terminal acetylenes is 1. The lowest BCUT2D eigenvalue weighted by atomic mass is 10.0. The number of hydrogen-bond acceptors (Lipinski definition) is 5. The Bertz CT molecular complexity index is 857. The first-order chi connectivity index (χ1) is 13.7. The molecule has 2 aromatic rings. The largest absolute Gasteiger partial charge is 0.301 e. The molecule has 28 heavy (non-hydrogen) atoms. The molecule has 0 aliphatic carbocycles. The molecular weight excluding hydrogens is 368 g/mol. The number of rotatable bonds is 5. The lowest BCUT2D eigenvalue weighted by Gasteiger charge is -2.32. The SMILES string of the molecule is C#CCN1CCCC[C@H]1C(=O)Nc1nc2c(s1)CN(Cc1ccccc1)CC2. The van der Waals surface area contributed by atoms with E-state index in [4.69, 9.17) is 11.4 Å². The average molecular weight is 395 g/mol. The van der Waals surface area contributed by atoms with Gasteiger partial charge in [-0.3, -0.25) is 14.6 Å². The van der Waals surface area contributed by atoms with E-state index in [2.05, 4.69) is 45.3 Å². The molecule has 2 aliphatic rings. The van der Waals surface area contributed by atoms with Crippen LogP contribution in [0.4, 0.5) is 5.13 Å². The highest BCUT2D eigenvalue weighted by molar-refractivity contribution is 7.15. The average Bonchev–Trinajstić information content (AvgIpc) is 3.11. The summed E-state index contributed by atoms with van der Waals surface area (Å²) in [5, 5.41) is 3.79. The maximum atomic E-state index is 12.8. The first-order valence-corrected chi connectivity index (χ1v) is 10.8. The minimum absolute atomic E-state index is 0.0298. The highest BCUT2D eigenvalue weighted by Gasteiger charge is 2.29. The van der Waals surface area contributed by atoms with Crippen molar-refractivity contribution in [2.24, 2.45) is 0 Å². The number of fused-ring (bicyclic) bond motifs is 1. The maximum Gasteiger partial charge on any atom is 0.243 e. The number of piperidine rings is 1. The van der Waals surface area contributed by atoms with Crippen LogP contribution in [0.3, 0.4) is 0 Å². The summed E-state index contributed by atoms with van der Waals surface area (Å²) in [6.07, 6.45) is 9.44. The fraction of sp³-hybridized carbons (Fsp3) is 0.455. The van der Waals surface area contributed by atoms with Gasteiger partial charge in [0.15, 0.2) is 5.13 Å². The van der Waals surface area contributed by atoms with Gasteiger partial charge in [-0.25, -0.2) is 4.98 Å². The van der Waals surface area contributed by atoms with Crippen LogP contribution in [0.15, 0.2) is 30.3 Å². The third-order valence-electron chi connectivity index (χ3n) is 5.50. The predicted molar refractivity (Wildman–Crippen MR) is 113 cm³/mol. The van der Waals surface area contributed by atoms with Crippen molar-refractivity contribution in [1.29, 1.82) is 0 Å². The summed E-state index contributed by atoms with van der Waals surface area (Å²) in [4.78, 5) is 23.3. The second-order valence-electron chi connectivity index (χ2n) is 7.51. The summed E-state index contributed by atoms with van der Waals surface area (Å²) >= 11 is 1.61. The molecule has 5 nitrogen and oxygen atoms in total. The number of hydrogen-bond donors (Lipinski definition) is 1. The van der Waals surface area contributed by atoms with Gasteiger partial charge in [0.05, 0.1) is 18.3 Å². The topological polar surface area (TPSA) is 48.5 Å². The van der Waals surface area contributed by atoms with Gasteiger partial charge < -0.3 is 5.32 Å². The zero-order chi connectivity index (χ0) is 19.3. The molecule has 0 saturated carbocycles. The third-order valence-corrected chi connectivity index (χ3v) is 6.50. The number of carbonyl (C=O) groups is 1. The number of anilines is 1. The number of carbonyl (C=O) groups excluding carboxylic acids is 1. The molecule has 1 fully saturated rings. The van der Waals surface area contributed by atoms with Gasteiger partial charge in [0.25, 0.3) is 0 Å². The first kappa shape index (κ1) is 19.1. The molecule has 1 aromatic heterocycles. The standard InChI is InChI=1S/C22H26N4OS/c1-2-12-26-13-7-6-10-19(26)21(27)24-22-23-18-11-14-25(16-20(18)28-22)15-17-8-4-3-5-9-17/h1,3-5,8-9,19H,6-7,10-16H2,(H,23,24,27)/t19-/m0/s1. The van der Waals surface area contributed by atoms with Crippen molar-refractivity contribution >= 4 is 22.4 Å². The normalized spacial score (nSPS) is 20.3. The molecule has 0 radical (unpaired) electrons. The van der Waals surface area contributed by atoms with Gasteiger partial charge in [-0.15, -0.1) is 17.8 Å². The first-order valence-electron chi connectivity index (χ1n) is 9.96. The molecule has 0 spiro atoms. The summed E-state index contributed by atoms with van der Waals surface area (Å²) in [5.74, 6) is 2.71. The molecule has 0 bridgehead atoms. The van der Waals surface area contributed by atoms with Crippen LogP contribution < -0.4 is 5.32 Å². The van der Waals surface area contributed by atoms with Gasteiger partial charge in [-0.2, -0.15) is 0 Å². The van der Waals surface area contributed by atoms with Crippen LogP contribution in [0, 0.1) is 12.3 Å². The molecule has 146 valence electrons. The van der Waals surface area contributed by atoms with E-state index in [-0.39, 0.29) is 11.9 Å². The highest BCUT2D eigenvalue weighted by atomic mass is 32.1. The van der Waals surface area contributed by atoms with Crippen molar-refractivity contribution in [3.8, 4) is 12.3 Å². The third kappa shape index (κ3) is 4.44. The second kappa shape index (κ2) is 8.87. The molecule has 1 aromatic carbocycles. The highest BCUT2D eigenvalue weighted by Crippen LogP contribution is 2.29. The van der Waals surface area contributed by atoms with Crippen LogP contribution in [0.5, 0.6) is 0 Å². The number of nitrogens with one attached hydrogen (secondary N) is 1. The number of aromatic nitrogens is 1. The van der Waals surface area contributed by atoms with Crippen molar-refractivity contribution in [2.75, 3.05) is 25.0 Å². The Balaban J connectivity index is 1.39.